The summed E-state index contributed by atoms with van der Waals surface area (Å²) in [6, 6.07) is 16.1. The number of H-pyrrole nitrogens is 1. The molecule has 0 saturated heterocycles. The monoisotopic (exact) mass is 361 g/mol. The summed E-state index contributed by atoms with van der Waals surface area (Å²) >= 11 is 0. The molecule has 0 saturated carbocycles. The van der Waals surface area contributed by atoms with E-state index in [2.05, 4.69) is 25.9 Å². The number of hydrogen-bond acceptors (Lipinski definition) is 6. The standard InChI is InChI=1S/C19H15N5O3/c25-15-11-16(19-21-23-24-22-19)27-18-13(15)7-4-8-14(18)20-17(26)10-9-12-5-2-1-3-6-12/h1-8,11H,9-10H2,(H,20,26)(H,21,22,23,24). The number of aromatic amines is 1. The number of para-hydroxylation sites is 1. The van der Waals surface area contributed by atoms with Gasteiger partial charge in [-0.2, -0.15) is 5.21 Å². The molecule has 134 valence electrons. The van der Waals surface area contributed by atoms with Crippen LogP contribution in [0.15, 0.2) is 63.8 Å². The first-order chi connectivity index (χ1) is 13.2. The topological polar surface area (TPSA) is 114 Å². The molecular formula is C19H15N5O3. The Morgan fingerprint density at radius 1 is 1.11 bits per heavy atom. The summed E-state index contributed by atoms with van der Waals surface area (Å²) in [5.41, 5.74) is 1.53. The maximum Gasteiger partial charge on any atom is 0.239 e. The van der Waals surface area contributed by atoms with E-state index in [4.69, 9.17) is 4.42 Å². The number of hydrogen-bond donors (Lipinski definition) is 2. The minimum absolute atomic E-state index is 0.166. The van der Waals surface area contributed by atoms with Crippen molar-refractivity contribution in [2.45, 2.75) is 12.8 Å². The van der Waals surface area contributed by atoms with Crippen LogP contribution in [0.1, 0.15) is 12.0 Å². The fourth-order valence-corrected chi connectivity index (χ4v) is 2.77. The van der Waals surface area contributed by atoms with Gasteiger partial charge in [-0.3, -0.25) is 9.59 Å². The number of benzene rings is 2. The van der Waals surface area contributed by atoms with Crippen LogP contribution in [0.25, 0.3) is 22.6 Å². The van der Waals surface area contributed by atoms with Crippen molar-refractivity contribution in [3.8, 4) is 11.6 Å². The van der Waals surface area contributed by atoms with E-state index in [-0.39, 0.29) is 28.5 Å². The van der Waals surface area contributed by atoms with Crippen molar-refractivity contribution < 1.29 is 9.21 Å². The normalized spacial score (nSPS) is 10.8. The third-order valence-electron chi connectivity index (χ3n) is 4.08. The van der Waals surface area contributed by atoms with Crippen LogP contribution in [0.2, 0.25) is 0 Å². The predicted octanol–water partition coefficient (Wildman–Crippen LogP) is 2.54. The number of anilines is 1. The molecule has 0 bridgehead atoms. The van der Waals surface area contributed by atoms with Gasteiger partial charge in [0.15, 0.2) is 16.8 Å². The second-order valence-corrected chi connectivity index (χ2v) is 5.93. The van der Waals surface area contributed by atoms with Crippen LogP contribution in [-0.2, 0) is 11.2 Å². The lowest BCUT2D eigenvalue weighted by molar-refractivity contribution is -0.116. The lowest BCUT2D eigenvalue weighted by atomic mass is 10.1. The molecular weight excluding hydrogens is 346 g/mol. The van der Waals surface area contributed by atoms with Crippen molar-refractivity contribution >= 4 is 22.6 Å². The van der Waals surface area contributed by atoms with Gasteiger partial charge >= 0.3 is 0 Å². The van der Waals surface area contributed by atoms with E-state index in [0.717, 1.165) is 5.56 Å². The lowest BCUT2D eigenvalue weighted by Crippen LogP contribution is -2.13. The Morgan fingerprint density at radius 3 is 2.74 bits per heavy atom. The number of nitrogens with zero attached hydrogens (tertiary/aromatic N) is 3. The van der Waals surface area contributed by atoms with E-state index in [1.165, 1.54) is 6.07 Å². The van der Waals surface area contributed by atoms with Crippen LogP contribution in [0.3, 0.4) is 0 Å². The molecule has 0 aliphatic rings. The summed E-state index contributed by atoms with van der Waals surface area (Å²) in [6.07, 6.45) is 0.935. The number of rotatable bonds is 5. The Balaban J connectivity index is 1.61. The fourth-order valence-electron chi connectivity index (χ4n) is 2.77. The zero-order valence-corrected chi connectivity index (χ0v) is 14.2. The van der Waals surface area contributed by atoms with Crippen LogP contribution >= 0.6 is 0 Å². The van der Waals surface area contributed by atoms with Crippen molar-refractivity contribution in [3.63, 3.8) is 0 Å². The minimum Gasteiger partial charge on any atom is -0.450 e. The molecule has 4 rings (SSSR count). The van der Waals surface area contributed by atoms with Gasteiger partial charge in [0.2, 0.25) is 11.7 Å². The third kappa shape index (κ3) is 3.59. The Labute approximate surface area is 153 Å². The fraction of sp³-hybridized carbons (Fsp3) is 0.105. The zero-order valence-electron chi connectivity index (χ0n) is 14.2. The highest BCUT2D eigenvalue weighted by Gasteiger charge is 2.14. The Hall–Kier alpha value is -3.81. The number of fused-ring (bicyclic) bond motifs is 1. The molecule has 0 fully saturated rings. The summed E-state index contributed by atoms with van der Waals surface area (Å²) in [5, 5.41) is 16.6. The van der Waals surface area contributed by atoms with Gasteiger partial charge in [0, 0.05) is 12.5 Å². The van der Waals surface area contributed by atoms with Crippen LogP contribution < -0.4 is 10.7 Å². The average Bonchev–Trinajstić information content (AvgIpc) is 3.23. The molecule has 2 heterocycles. The van der Waals surface area contributed by atoms with Gasteiger partial charge in [0.1, 0.15) is 0 Å². The molecule has 8 nitrogen and oxygen atoms in total. The van der Waals surface area contributed by atoms with Crippen LogP contribution in [-0.4, -0.2) is 26.5 Å². The molecule has 1 amide bonds. The zero-order chi connectivity index (χ0) is 18.6. The van der Waals surface area contributed by atoms with E-state index >= 15 is 0 Å². The Bertz CT molecular complexity index is 1140. The lowest BCUT2D eigenvalue weighted by Gasteiger charge is -2.08. The predicted molar refractivity (Wildman–Crippen MR) is 99.0 cm³/mol. The van der Waals surface area contributed by atoms with Crippen molar-refractivity contribution in [1.29, 1.82) is 0 Å². The van der Waals surface area contributed by atoms with Gasteiger partial charge in [-0.15, -0.1) is 10.2 Å². The molecule has 8 heteroatoms. The molecule has 0 aliphatic carbocycles. The van der Waals surface area contributed by atoms with E-state index in [1.807, 2.05) is 30.3 Å². The van der Waals surface area contributed by atoms with E-state index in [0.29, 0.717) is 23.9 Å². The molecule has 2 N–H and O–H groups in total. The second kappa shape index (κ2) is 7.20. The Morgan fingerprint density at radius 2 is 1.96 bits per heavy atom. The van der Waals surface area contributed by atoms with Crippen molar-refractivity contribution in [2.24, 2.45) is 0 Å². The molecule has 0 spiro atoms. The molecule has 0 aliphatic heterocycles. The molecule has 2 aromatic carbocycles. The number of carbonyl (C=O) groups excluding carboxylic acids is 1. The number of amides is 1. The van der Waals surface area contributed by atoms with Crippen molar-refractivity contribution in [2.75, 3.05) is 5.32 Å². The molecule has 2 aromatic heterocycles. The first kappa shape index (κ1) is 16.6. The van der Waals surface area contributed by atoms with Gasteiger partial charge in [0.05, 0.1) is 11.1 Å². The number of nitrogens with one attached hydrogen (secondary N) is 2. The maximum absolute atomic E-state index is 12.4. The minimum atomic E-state index is -0.253. The van der Waals surface area contributed by atoms with Crippen LogP contribution in [0, 0.1) is 0 Å². The molecule has 0 radical (unpaired) electrons. The van der Waals surface area contributed by atoms with E-state index in [9.17, 15) is 9.59 Å². The van der Waals surface area contributed by atoms with Gasteiger partial charge in [-0.25, -0.2) is 0 Å². The summed E-state index contributed by atoms with van der Waals surface area (Å²) in [4.78, 5) is 24.7. The summed E-state index contributed by atoms with van der Waals surface area (Å²) in [5.74, 6) is 0.172. The first-order valence-corrected chi connectivity index (χ1v) is 8.35. The number of aromatic nitrogens is 4. The third-order valence-corrected chi connectivity index (χ3v) is 4.08. The second-order valence-electron chi connectivity index (χ2n) is 5.93. The first-order valence-electron chi connectivity index (χ1n) is 8.35. The highest BCUT2D eigenvalue weighted by molar-refractivity contribution is 5.99. The average molecular weight is 361 g/mol. The van der Waals surface area contributed by atoms with Crippen molar-refractivity contribution in [1.82, 2.24) is 20.6 Å². The van der Waals surface area contributed by atoms with Gasteiger partial charge < -0.3 is 9.73 Å². The van der Waals surface area contributed by atoms with E-state index < -0.39 is 0 Å². The Kier molecular flexibility index (Phi) is 4.44. The molecule has 27 heavy (non-hydrogen) atoms. The quantitative estimate of drug-likeness (QED) is 0.565. The smallest absolute Gasteiger partial charge is 0.239 e. The highest BCUT2D eigenvalue weighted by Crippen LogP contribution is 2.25. The van der Waals surface area contributed by atoms with E-state index in [1.54, 1.807) is 18.2 Å². The van der Waals surface area contributed by atoms with Crippen LogP contribution in [0.5, 0.6) is 0 Å². The summed E-state index contributed by atoms with van der Waals surface area (Å²) < 4.78 is 5.78. The van der Waals surface area contributed by atoms with Gasteiger partial charge in [0.25, 0.3) is 0 Å². The highest BCUT2D eigenvalue weighted by atomic mass is 16.3. The van der Waals surface area contributed by atoms with Crippen LogP contribution in [0.4, 0.5) is 5.69 Å². The van der Waals surface area contributed by atoms with Gasteiger partial charge in [-0.1, -0.05) is 36.4 Å². The SMILES string of the molecule is O=C(CCc1ccccc1)Nc1cccc2c(=O)cc(-c3nn[nH]n3)oc12. The van der Waals surface area contributed by atoms with Crippen molar-refractivity contribution in [3.05, 3.63) is 70.4 Å². The number of aryl methyl sites for hydroxylation is 1. The largest absolute Gasteiger partial charge is 0.450 e. The molecule has 4 aromatic rings. The summed E-state index contributed by atoms with van der Waals surface area (Å²) in [6.45, 7) is 0. The maximum atomic E-state index is 12.4. The molecule has 0 atom stereocenters. The molecule has 0 unspecified atom stereocenters. The number of carbonyl (C=O) groups is 1. The van der Waals surface area contributed by atoms with Gasteiger partial charge in [-0.05, 0) is 29.3 Å². The summed E-state index contributed by atoms with van der Waals surface area (Å²) in [7, 11) is 0. The number of tetrazole rings is 1.